The summed E-state index contributed by atoms with van der Waals surface area (Å²) in [5.41, 5.74) is 4.16. The molecule has 118 valence electrons. The smallest absolute Gasteiger partial charge is 0.274 e. The number of rotatable bonds is 2. The molecule has 0 saturated heterocycles. The van der Waals surface area contributed by atoms with E-state index < -0.39 is 5.91 Å². The lowest BCUT2D eigenvalue weighted by molar-refractivity contribution is -0.136. The summed E-state index contributed by atoms with van der Waals surface area (Å²) in [6.45, 7) is 1.20. The van der Waals surface area contributed by atoms with Crippen molar-refractivity contribution >= 4 is 11.8 Å². The van der Waals surface area contributed by atoms with Crippen molar-refractivity contribution in [2.45, 2.75) is 51.6 Å². The highest BCUT2D eigenvalue weighted by molar-refractivity contribution is 5.93. The Morgan fingerprint density at radius 3 is 2.41 bits per heavy atom. The quantitative estimate of drug-likeness (QED) is 0.501. The molecule has 0 unspecified atom stereocenters. The number of benzene rings is 1. The van der Waals surface area contributed by atoms with Crippen LogP contribution in [0.15, 0.2) is 18.2 Å². The Balaban J connectivity index is 1.70. The second kappa shape index (κ2) is 6.48. The molecule has 5 nitrogen and oxygen atoms in total. The third kappa shape index (κ3) is 2.99. The van der Waals surface area contributed by atoms with Gasteiger partial charge in [0.2, 0.25) is 5.91 Å². The Labute approximate surface area is 130 Å². The first kappa shape index (κ1) is 15.0. The molecule has 0 aromatic heterocycles. The number of nitrogens with one attached hydrogen (secondary N) is 1. The number of hydrogen-bond donors (Lipinski definition) is 2. The number of hydrogen-bond acceptors (Lipinski definition) is 3. The molecule has 1 fully saturated rings. The Hall–Kier alpha value is -1.88. The monoisotopic (exact) mass is 302 g/mol. The van der Waals surface area contributed by atoms with Gasteiger partial charge in [-0.2, -0.15) is 0 Å². The van der Waals surface area contributed by atoms with Gasteiger partial charge in [0.25, 0.3) is 5.91 Å². The molecule has 1 heterocycles. The normalized spacial score (nSPS) is 18.7. The van der Waals surface area contributed by atoms with E-state index in [4.69, 9.17) is 5.21 Å². The molecule has 0 bridgehead atoms. The maximum absolute atomic E-state index is 12.7. The Bertz CT molecular complexity index is 577. The topological polar surface area (TPSA) is 69.6 Å². The molecule has 1 aromatic carbocycles. The van der Waals surface area contributed by atoms with E-state index in [2.05, 4.69) is 0 Å². The SMILES string of the molecule is O=C(NO)c1ccc2c(c1)CN(C(=O)C1CCCCCC1)C2. The molecule has 0 atom stereocenters. The highest BCUT2D eigenvalue weighted by atomic mass is 16.5. The number of hydroxylamine groups is 1. The molecule has 2 amide bonds. The van der Waals surface area contributed by atoms with Gasteiger partial charge < -0.3 is 4.90 Å². The third-order valence-corrected chi connectivity index (χ3v) is 4.81. The molecule has 1 aromatic rings. The minimum Gasteiger partial charge on any atom is -0.334 e. The lowest BCUT2D eigenvalue weighted by atomic mass is 9.99. The molecular weight excluding hydrogens is 280 g/mol. The van der Waals surface area contributed by atoms with E-state index in [1.165, 1.54) is 12.8 Å². The zero-order chi connectivity index (χ0) is 15.5. The van der Waals surface area contributed by atoms with Gasteiger partial charge in [0.05, 0.1) is 0 Å². The zero-order valence-electron chi connectivity index (χ0n) is 12.7. The standard InChI is InChI=1S/C17H22N2O3/c20-16(18-22)13-7-8-14-10-19(11-15(14)9-13)17(21)12-5-3-1-2-4-6-12/h7-9,12,22H,1-6,10-11H2,(H,18,20). The van der Waals surface area contributed by atoms with Crippen LogP contribution in [-0.2, 0) is 17.9 Å². The van der Waals surface area contributed by atoms with Gasteiger partial charge in [-0.3, -0.25) is 14.8 Å². The lowest BCUT2D eigenvalue weighted by Crippen LogP contribution is -2.31. The van der Waals surface area contributed by atoms with E-state index in [1.807, 2.05) is 11.0 Å². The van der Waals surface area contributed by atoms with Crippen LogP contribution in [0, 0.1) is 5.92 Å². The Morgan fingerprint density at radius 1 is 1.05 bits per heavy atom. The van der Waals surface area contributed by atoms with Crippen LogP contribution in [0.1, 0.15) is 60.0 Å². The Morgan fingerprint density at radius 2 is 1.73 bits per heavy atom. The molecular formula is C17H22N2O3. The number of nitrogens with zero attached hydrogens (tertiary/aromatic N) is 1. The van der Waals surface area contributed by atoms with Crippen molar-refractivity contribution in [3.8, 4) is 0 Å². The maximum atomic E-state index is 12.7. The van der Waals surface area contributed by atoms with Crippen LogP contribution in [0.5, 0.6) is 0 Å². The summed E-state index contributed by atoms with van der Waals surface area (Å²) in [6.07, 6.45) is 6.79. The molecule has 2 N–H and O–H groups in total. The van der Waals surface area contributed by atoms with E-state index in [-0.39, 0.29) is 11.8 Å². The lowest BCUT2D eigenvalue weighted by Gasteiger charge is -2.22. The first-order valence-electron chi connectivity index (χ1n) is 8.04. The van der Waals surface area contributed by atoms with Crippen molar-refractivity contribution in [2.75, 3.05) is 0 Å². The third-order valence-electron chi connectivity index (χ3n) is 4.81. The minimum absolute atomic E-state index is 0.164. The van der Waals surface area contributed by atoms with Crippen molar-refractivity contribution in [3.05, 3.63) is 34.9 Å². The summed E-state index contributed by atoms with van der Waals surface area (Å²) in [6, 6.07) is 5.32. The van der Waals surface area contributed by atoms with E-state index in [0.29, 0.717) is 18.7 Å². The maximum Gasteiger partial charge on any atom is 0.274 e. The van der Waals surface area contributed by atoms with Crippen molar-refractivity contribution in [1.82, 2.24) is 10.4 Å². The summed E-state index contributed by atoms with van der Waals surface area (Å²) in [5.74, 6) is -0.0976. The van der Waals surface area contributed by atoms with Gasteiger partial charge in [0.15, 0.2) is 0 Å². The fourth-order valence-electron chi connectivity index (χ4n) is 3.54. The molecule has 1 saturated carbocycles. The van der Waals surface area contributed by atoms with Crippen LogP contribution in [0.25, 0.3) is 0 Å². The summed E-state index contributed by atoms with van der Waals surface area (Å²) >= 11 is 0. The van der Waals surface area contributed by atoms with Gasteiger partial charge in [-0.1, -0.05) is 31.7 Å². The molecule has 0 radical (unpaired) electrons. The van der Waals surface area contributed by atoms with Gasteiger partial charge in [-0.05, 0) is 36.1 Å². The van der Waals surface area contributed by atoms with Gasteiger partial charge >= 0.3 is 0 Å². The van der Waals surface area contributed by atoms with Crippen LogP contribution in [0.2, 0.25) is 0 Å². The van der Waals surface area contributed by atoms with E-state index in [1.54, 1.807) is 17.6 Å². The molecule has 0 spiro atoms. The summed E-state index contributed by atoms with van der Waals surface area (Å²) in [5, 5.41) is 8.71. The van der Waals surface area contributed by atoms with Crippen LogP contribution in [0.3, 0.4) is 0 Å². The summed E-state index contributed by atoms with van der Waals surface area (Å²) in [4.78, 5) is 26.1. The van der Waals surface area contributed by atoms with Crippen molar-refractivity contribution in [3.63, 3.8) is 0 Å². The molecule has 5 heteroatoms. The number of fused-ring (bicyclic) bond motifs is 1. The van der Waals surface area contributed by atoms with Crippen molar-refractivity contribution in [2.24, 2.45) is 5.92 Å². The number of amides is 2. The van der Waals surface area contributed by atoms with Crippen LogP contribution in [0.4, 0.5) is 0 Å². The molecule has 2 aliphatic rings. The summed E-state index contributed by atoms with van der Waals surface area (Å²) in [7, 11) is 0. The van der Waals surface area contributed by atoms with Gasteiger partial charge in [0.1, 0.15) is 0 Å². The average molecular weight is 302 g/mol. The first-order valence-corrected chi connectivity index (χ1v) is 8.04. The molecule has 3 rings (SSSR count). The van der Waals surface area contributed by atoms with Crippen LogP contribution >= 0.6 is 0 Å². The first-order chi connectivity index (χ1) is 10.7. The van der Waals surface area contributed by atoms with E-state index >= 15 is 0 Å². The van der Waals surface area contributed by atoms with Crippen LogP contribution in [-0.4, -0.2) is 21.9 Å². The highest BCUT2D eigenvalue weighted by Gasteiger charge is 2.29. The van der Waals surface area contributed by atoms with Gasteiger partial charge in [0, 0.05) is 24.6 Å². The van der Waals surface area contributed by atoms with Gasteiger partial charge in [-0.25, -0.2) is 5.48 Å². The largest absolute Gasteiger partial charge is 0.334 e. The minimum atomic E-state index is -0.517. The van der Waals surface area contributed by atoms with Crippen molar-refractivity contribution < 1.29 is 14.8 Å². The average Bonchev–Trinajstić information content (AvgIpc) is 2.78. The van der Waals surface area contributed by atoms with E-state index in [9.17, 15) is 9.59 Å². The fourth-order valence-corrected chi connectivity index (χ4v) is 3.54. The number of carbonyl (C=O) groups is 2. The number of carbonyl (C=O) groups excluding carboxylic acids is 2. The van der Waals surface area contributed by atoms with Crippen LogP contribution < -0.4 is 5.48 Å². The molecule has 1 aliphatic carbocycles. The second-order valence-corrected chi connectivity index (χ2v) is 6.31. The fraction of sp³-hybridized carbons (Fsp3) is 0.529. The van der Waals surface area contributed by atoms with Crippen molar-refractivity contribution in [1.29, 1.82) is 0 Å². The predicted molar refractivity (Wildman–Crippen MR) is 81.1 cm³/mol. The molecule has 22 heavy (non-hydrogen) atoms. The molecule has 1 aliphatic heterocycles. The summed E-state index contributed by atoms with van der Waals surface area (Å²) < 4.78 is 0. The highest BCUT2D eigenvalue weighted by Crippen LogP contribution is 2.29. The predicted octanol–water partition coefficient (Wildman–Crippen LogP) is 2.62. The van der Waals surface area contributed by atoms with E-state index in [0.717, 1.165) is 36.8 Å². The Kier molecular flexibility index (Phi) is 4.43. The zero-order valence-corrected chi connectivity index (χ0v) is 12.7. The second-order valence-electron chi connectivity index (χ2n) is 6.31. The van der Waals surface area contributed by atoms with Gasteiger partial charge in [-0.15, -0.1) is 0 Å².